The van der Waals surface area contributed by atoms with Crippen molar-refractivity contribution >= 4 is 50.7 Å². The Labute approximate surface area is 223 Å². The molecule has 0 spiro atoms. The van der Waals surface area contributed by atoms with E-state index in [2.05, 4.69) is 4.98 Å². The van der Waals surface area contributed by atoms with E-state index in [0.717, 1.165) is 26.7 Å². The average molecular weight is 528 g/mol. The zero-order valence-electron chi connectivity index (χ0n) is 21.5. The molecule has 4 atom stereocenters. The van der Waals surface area contributed by atoms with E-state index in [4.69, 9.17) is 5.73 Å². The van der Waals surface area contributed by atoms with Crippen molar-refractivity contribution < 1.29 is 24.6 Å². The predicted molar refractivity (Wildman–Crippen MR) is 146 cm³/mol. The smallest absolute Gasteiger partial charge is 0.261 e. The van der Waals surface area contributed by atoms with E-state index in [1.54, 1.807) is 12.4 Å². The van der Waals surface area contributed by atoms with Gasteiger partial charge in [-0.3, -0.25) is 19.3 Å². The fourth-order valence-corrected chi connectivity index (χ4v) is 5.92. The van der Waals surface area contributed by atoms with Crippen molar-refractivity contribution in [1.29, 1.82) is 0 Å². The molecule has 10 heteroatoms. The van der Waals surface area contributed by atoms with E-state index < -0.39 is 30.2 Å². The van der Waals surface area contributed by atoms with Crippen LogP contribution in [0.5, 0.6) is 0 Å². The van der Waals surface area contributed by atoms with Gasteiger partial charge < -0.3 is 30.4 Å². The van der Waals surface area contributed by atoms with Crippen LogP contribution < -0.4 is 5.73 Å². The van der Waals surface area contributed by atoms with Gasteiger partial charge in [0.15, 0.2) is 0 Å². The largest absolute Gasteiger partial charge is 0.389 e. The van der Waals surface area contributed by atoms with E-state index in [1.165, 1.54) is 18.9 Å². The maximum Gasteiger partial charge on any atom is 0.261 e. The monoisotopic (exact) mass is 527 g/mol. The molecule has 0 unspecified atom stereocenters. The number of aliphatic hydroxyl groups excluding tert-OH is 2. The number of carbonyl (C=O) groups is 3. The summed E-state index contributed by atoms with van der Waals surface area (Å²) in [5.74, 6) is -1.06. The number of nitrogens with zero attached hydrogens (tertiary/aromatic N) is 3. The molecule has 39 heavy (non-hydrogen) atoms. The van der Waals surface area contributed by atoms with Gasteiger partial charge in [0.1, 0.15) is 6.10 Å². The van der Waals surface area contributed by atoms with Crippen LogP contribution in [-0.4, -0.2) is 85.2 Å². The first kappa shape index (κ1) is 25.1. The van der Waals surface area contributed by atoms with Gasteiger partial charge in [-0.15, -0.1) is 0 Å². The van der Waals surface area contributed by atoms with Crippen LogP contribution in [0, 0.1) is 0 Å². The third-order valence-corrected chi connectivity index (χ3v) is 7.98. The quantitative estimate of drug-likeness (QED) is 0.295. The van der Waals surface area contributed by atoms with Crippen LogP contribution in [0.25, 0.3) is 33.0 Å². The summed E-state index contributed by atoms with van der Waals surface area (Å²) >= 11 is 0. The number of aromatic amines is 1. The molecule has 10 nitrogen and oxygen atoms in total. The van der Waals surface area contributed by atoms with Gasteiger partial charge in [0.05, 0.1) is 29.3 Å². The number of piperidine rings is 1. The molecule has 2 aromatic carbocycles. The predicted octanol–water partition coefficient (Wildman–Crippen LogP) is 1.31. The molecule has 2 aromatic heterocycles. The fourth-order valence-electron chi connectivity index (χ4n) is 5.92. The summed E-state index contributed by atoms with van der Waals surface area (Å²) in [5.41, 5.74) is 9.40. The number of amides is 3. The minimum Gasteiger partial charge on any atom is -0.389 e. The Balaban J connectivity index is 1.53. The molecule has 0 aliphatic carbocycles. The number of hydrogen-bond donors (Lipinski definition) is 4. The van der Waals surface area contributed by atoms with Crippen molar-refractivity contribution in [3.63, 3.8) is 0 Å². The van der Waals surface area contributed by atoms with Crippen LogP contribution in [-0.2, 0) is 20.9 Å². The normalized spacial score (nSPS) is 24.0. The molecular weight excluding hydrogens is 498 g/mol. The molecule has 0 saturated carbocycles. The minimum absolute atomic E-state index is 0.109. The topological polar surface area (TPSA) is 145 Å². The molecule has 2 aliphatic heterocycles. The Morgan fingerprint density at radius 3 is 2.33 bits per heavy atom. The number of H-pyrrole nitrogens is 1. The number of carbonyl (C=O) groups excluding carboxylic acids is 3. The second-order valence-corrected chi connectivity index (χ2v) is 10.3. The molecule has 4 heterocycles. The summed E-state index contributed by atoms with van der Waals surface area (Å²) in [7, 11) is 1.47. The highest BCUT2D eigenvalue weighted by Gasteiger charge is 2.43. The molecule has 0 radical (unpaired) electrons. The van der Waals surface area contributed by atoms with Crippen LogP contribution in [0.2, 0.25) is 0 Å². The fraction of sp³-hybridized carbons (Fsp3) is 0.276. The number of nitrogens with one attached hydrogen (secondary N) is 1. The highest BCUT2D eigenvalue weighted by Crippen LogP contribution is 2.41. The Bertz CT molecular complexity index is 1680. The molecule has 5 N–H and O–H groups in total. The Kier molecular flexibility index (Phi) is 5.91. The SMILES string of the molecule is CC(=O)N1C[C@H](N)[C@@H](O)[C@H](O)[C@@H]1Cn1cc(C2=C(c3c[nH]c4ccccc34)C(=O)N(C)C2=O)c2ccccc21. The number of likely N-dealkylation sites (N-methyl/N-ethyl adjacent to an activating group) is 1. The first-order valence-electron chi connectivity index (χ1n) is 12.8. The zero-order valence-corrected chi connectivity index (χ0v) is 21.5. The highest BCUT2D eigenvalue weighted by molar-refractivity contribution is 6.50. The summed E-state index contributed by atoms with van der Waals surface area (Å²) in [4.78, 5) is 45.2. The third-order valence-electron chi connectivity index (χ3n) is 7.98. The zero-order chi connectivity index (χ0) is 27.6. The number of nitrogens with two attached hydrogens (primary N) is 1. The Hall–Kier alpha value is -4.25. The molecular formula is C29H29N5O5. The maximum absolute atomic E-state index is 13.6. The number of fused-ring (bicyclic) bond motifs is 2. The van der Waals surface area contributed by atoms with Crippen LogP contribution in [0.1, 0.15) is 18.1 Å². The van der Waals surface area contributed by atoms with Gasteiger partial charge in [-0.2, -0.15) is 0 Å². The van der Waals surface area contributed by atoms with Crippen molar-refractivity contribution in [3.05, 3.63) is 72.1 Å². The number of imide groups is 1. The Morgan fingerprint density at radius 2 is 1.62 bits per heavy atom. The molecule has 2 aliphatic rings. The van der Waals surface area contributed by atoms with Crippen LogP contribution >= 0.6 is 0 Å². The second kappa shape index (κ2) is 9.19. The van der Waals surface area contributed by atoms with Crippen molar-refractivity contribution in [1.82, 2.24) is 19.4 Å². The number of benzene rings is 2. The number of aromatic nitrogens is 2. The minimum atomic E-state index is -1.26. The number of rotatable bonds is 4. The molecule has 3 amide bonds. The maximum atomic E-state index is 13.6. The third kappa shape index (κ3) is 3.79. The van der Waals surface area contributed by atoms with Crippen molar-refractivity contribution in [2.24, 2.45) is 5.73 Å². The van der Waals surface area contributed by atoms with Gasteiger partial charge in [0.25, 0.3) is 11.8 Å². The lowest BCUT2D eigenvalue weighted by molar-refractivity contribution is -0.145. The van der Waals surface area contributed by atoms with Gasteiger partial charge in [-0.05, 0) is 12.1 Å². The van der Waals surface area contributed by atoms with Crippen molar-refractivity contribution in [2.45, 2.75) is 37.8 Å². The lowest BCUT2D eigenvalue weighted by atomic mass is 9.92. The van der Waals surface area contributed by atoms with Gasteiger partial charge in [0, 0.05) is 72.4 Å². The average Bonchev–Trinajstić information content (AvgIpc) is 3.57. The first-order chi connectivity index (χ1) is 18.7. The van der Waals surface area contributed by atoms with Crippen LogP contribution in [0.3, 0.4) is 0 Å². The lowest BCUT2D eigenvalue weighted by Gasteiger charge is -2.44. The molecule has 1 saturated heterocycles. The molecule has 4 aromatic rings. The van der Waals surface area contributed by atoms with Gasteiger partial charge in [-0.1, -0.05) is 36.4 Å². The number of likely N-dealkylation sites (tertiary alicyclic amines) is 1. The van der Waals surface area contributed by atoms with Crippen molar-refractivity contribution in [3.8, 4) is 0 Å². The van der Waals surface area contributed by atoms with E-state index in [9.17, 15) is 24.6 Å². The van der Waals surface area contributed by atoms with E-state index in [-0.39, 0.29) is 30.5 Å². The summed E-state index contributed by atoms with van der Waals surface area (Å²) in [6.07, 6.45) is 1.08. The summed E-state index contributed by atoms with van der Waals surface area (Å²) in [5, 5.41) is 23.0. The number of hydrogen-bond acceptors (Lipinski definition) is 6. The van der Waals surface area contributed by atoms with Gasteiger partial charge in [-0.25, -0.2) is 0 Å². The summed E-state index contributed by atoms with van der Waals surface area (Å²) in [6.45, 7) is 1.66. The van der Waals surface area contributed by atoms with E-state index in [1.807, 2.05) is 53.1 Å². The molecule has 0 bridgehead atoms. The van der Waals surface area contributed by atoms with Crippen molar-refractivity contribution in [2.75, 3.05) is 13.6 Å². The number of para-hydroxylation sites is 2. The van der Waals surface area contributed by atoms with E-state index in [0.29, 0.717) is 16.7 Å². The van der Waals surface area contributed by atoms with Crippen LogP contribution in [0.4, 0.5) is 0 Å². The summed E-state index contributed by atoms with van der Waals surface area (Å²) < 4.78 is 1.86. The second-order valence-electron chi connectivity index (χ2n) is 10.3. The van der Waals surface area contributed by atoms with Gasteiger partial charge in [0.2, 0.25) is 5.91 Å². The highest BCUT2D eigenvalue weighted by atomic mass is 16.3. The molecule has 200 valence electrons. The summed E-state index contributed by atoms with van der Waals surface area (Å²) in [6, 6.07) is 13.6. The molecule has 1 fully saturated rings. The standard InChI is InChI=1S/C29H29N5O5/c1-15(35)34-13-20(30)26(36)27(37)23(34)14-33-12-19(17-8-4-6-10-22(17)33)25-24(28(38)32(2)29(25)39)18-11-31-21-9-5-3-7-16(18)21/h3-12,20,23,26-27,31,36-37H,13-14,30H2,1-2H3/t20-,23-,26+,27+/m0/s1. The number of aliphatic hydroxyl groups is 2. The molecule has 6 rings (SSSR count). The van der Waals surface area contributed by atoms with Crippen LogP contribution in [0.15, 0.2) is 60.9 Å². The van der Waals surface area contributed by atoms with Gasteiger partial charge >= 0.3 is 0 Å². The lowest BCUT2D eigenvalue weighted by Crippen LogP contribution is -2.65. The van der Waals surface area contributed by atoms with E-state index >= 15 is 0 Å². The first-order valence-corrected chi connectivity index (χ1v) is 12.8. The Morgan fingerprint density at radius 1 is 0.974 bits per heavy atom.